The quantitative estimate of drug-likeness (QED) is 0.886. The Bertz CT molecular complexity index is 931. The van der Waals surface area contributed by atoms with E-state index in [4.69, 9.17) is 4.74 Å². The molecule has 2 unspecified atom stereocenters. The number of ether oxygens (including phenoxy) is 1. The Balaban J connectivity index is 1.93. The molecule has 1 aliphatic heterocycles. The molecule has 0 radical (unpaired) electrons. The highest BCUT2D eigenvalue weighted by molar-refractivity contribution is 5.94. The van der Waals surface area contributed by atoms with Crippen molar-refractivity contribution in [2.75, 3.05) is 11.9 Å². The second-order valence-corrected chi connectivity index (χ2v) is 6.36. The number of amides is 1. The van der Waals surface area contributed by atoms with E-state index in [-0.39, 0.29) is 23.3 Å². The molecule has 134 valence electrons. The second kappa shape index (κ2) is 6.79. The van der Waals surface area contributed by atoms with Crippen molar-refractivity contribution in [3.8, 4) is 0 Å². The number of anilines is 1. The van der Waals surface area contributed by atoms with E-state index in [1.165, 1.54) is 17.8 Å². The average molecular weight is 346 g/mol. The third-order valence-electron chi connectivity index (χ3n) is 4.74. The molecule has 3 rings (SSSR count). The first-order valence-electron chi connectivity index (χ1n) is 8.42. The zero-order valence-electron chi connectivity index (χ0n) is 14.6. The molecule has 0 bridgehead atoms. The number of fused-ring (bicyclic) bond motifs is 1. The molecule has 8 nitrogen and oxygen atoms in total. The molecule has 1 aliphatic rings. The van der Waals surface area contributed by atoms with Crippen LogP contribution < -0.4 is 16.6 Å². The van der Waals surface area contributed by atoms with Crippen molar-refractivity contribution < 1.29 is 9.53 Å². The minimum absolute atomic E-state index is 0.0872. The summed E-state index contributed by atoms with van der Waals surface area (Å²) in [5, 5.41) is 3.12. The molecular formula is C17H22N4O4. The lowest BCUT2D eigenvalue weighted by molar-refractivity contribution is -0.129. The predicted octanol–water partition coefficient (Wildman–Crippen LogP) is 0.776. The number of nitrogens with one attached hydrogen (secondary N) is 1. The fourth-order valence-corrected chi connectivity index (χ4v) is 3.31. The highest BCUT2D eigenvalue weighted by Crippen LogP contribution is 2.25. The maximum Gasteiger partial charge on any atom is 0.332 e. The number of hydrogen-bond acceptors (Lipinski definition) is 5. The molecule has 1 fully saturated rings. The van der Waals surface area contributed by atoms with Crippen LogP contribution in [0.15, 0.2) is 21.9 Å². The standard InChI is InChI=1S/C17H22N4O4/c1-4-13-11(6-5-7-25-13)15(22)19-10-8-12-14(18-9-10)20(2)17(24)21(3)16(12)23/h8-9,11,13H,4-7H2,1-3H3,(H,19,22). The van der Waals surface area contributed by atoms with Gasteiger partial charge in [-0.3, -0.25) is 18.7 Å². The molecule has 0 spiro atoms. The number of carbonyl (C=O) groups is 1. The number of rotatable bonds is 3. The number of aryl methyl sites for hydroxylation is 1. The van der Waals surface area contributed by atoms with Crippen molar-refractivity contribution in [2.45, 2.75) is 32.3 Å². The lowest BCUT2D eigenvalue weighted by Crippen LogP contribution is -2.38. The summed E-state index contributed by atoms with van der Waals surface area (Å²) in [6.07, 6.45) is 3.78. The van der Waals surface area contributed by atoms with Gasteiger partial charge in [-0.05, 0) is 25.3 Å². The van der Waals surface area contributed by atoms with Crippen LogP contribution in [-0.4, -0.2) is 32.7 Å². The normalized spacial score (nSPS) is 20.6. The van der Waals surface area contributed by atoms with Crippen LogP contribution in [0.2, 0.25) is 0 Å². The average Bonchev–Trinajstić information content (AvgIpc) is 2.64. The van der Waals surface area contributed by atoms with Gasteiger partial charge in [0.2, 0.25) is 5.91 Å². The van der Waals surface area contributed by atoms with Crippen LogP contribution in [0.3, 0.4) is 0 Å². The molecule has 3 heterocycles. The van der Waals surface area contributed by atoms with Crippen LogP contribution in [0, 0.1) is 5.92 Å². The van der Waals surface area contributed by atoms with Crippen LogP contribution in [0.25, 0.3) is 11.0 Å². The van der Waals surface area contributed by atoms with Crippen molar-refractivity contribution in [2.24, 2.45) is 20.0 Å². The molecule has 25 heavy (non-hydrogen) atoms. The van der Waals surface area contributed by atoms with Crippen molar-refractivity contribution in [1.82, 2.24) is 14.1 Å². The number of aromatic nitrogens is 3. The molecule has 2 atom stereocenters. The van der Waals surface area contributed by atoms with E-state index in [0.717, 1.165) is 23.8 Å². The fourth-order valence-electron chi connectivity index (χ4n) is 3.31. The minimum atomic E-state index is -0.438. The Kier molecular flexibility index (Phi) is 4.71. The van der Waals surface area contributed by atoms with Gasteiger partial charge in [0.15, 0.2) is 0 Å². The Morgan fingerprint density at radius 3 is 2.84 bits per heavy atom. The molecule has 0 aromatic carbocycles. The van der Waals surface area contributed by atoms with E-state index >= 15 is 0 Å². The summed E-state index contributed by atoms with van der Waals surface area (Å²) in [5.74, 6) is -0.341. The van der Waals surface area contributed by atoms with E-state index in [1.54, 1.807) is 13.1 Å². The molecule has 8 heteroatoms. The van der Waals surface area contributed by atoms with Gasteiger partial charge >= 0.3 is 5.69 Å². The third kappa shape index (κ3) is 3.09. The van der Waals surface area contributed by atoms with Gasteiger partial charge in [-0.25, -0.2) is 9.78 Å². The van der Waals surface area contributed by atoms with E-state index < -0.39 is 11.2 Å². The Hall–Kier alpha value is -2.48. The van der Waals surface area contributed by atoms with Crippen molar-refractivity contribution in [3.05, 3.63) is 33.1 Å². The van der Waals surface area contributed by atoms with Gasteiger partial charge in [-0.1, -0.05) is 6.92 Å². The van der Waals surface area contributed by atoms with Crippen LogP contribution in [-0.2, 0) is 23.6 Å². The van der Waals surface area contributed by atoms with Gasteiger partial charge in [-0.2, -0.15) is 0 Å². The molecule has 1 saturated heterocycles. The number of hydrogen-bond donors (Lipinski definition) is 1. The first kappa shape index (κ1) is 17.3. The molecule has 1 N–H and O–H groups in total. The summed E-state index contributed by atoms with van der Waals surface area (Å²) in [4.78, 5) is 41.0. The van der Waals surface area contributed by atoms with Gasteiger partial charge in [0.05, 0.1) is 29.3 Å². The Morgan fingerprint density at radius 2 is 2.12 bits per heavy atom. The van der Waals surface area contributed by atoms with E-state index in [9.17, 15) is 14.4 Å². The van der Waals surface area contributed by atoms with E-state index in [0.29, 0.717) is 17.9 Å². The zero-order valence-corrected chi connectivity index (χ0v) is 14.6. The zero-order chi connectivity index (χ0) is 18.1. The lowest BCUT2D eigenvalue weighted by atomic mass is 9.92. The summed E-state index contributed by atoms with van der Waals surface area (Å²) in [7, 11) is 2.97. The molecule has 2 aromatic rings. The number of nitrogens with zero attached hydrogens (tertiary/aromatic N) is 3. The van der Waals surface area contributed by atoms with Gasteiger partial charge in [0, 0.05) is 20.7 Å². The summed E-state index contributed by atoms with van der Waals surface area (Å²) in [6, 6.07) is 1.56. The third-order valence-corrected chi connectivity index (χ3v) is 4.74. The molecule has 1 amide bonds. The lowest BCUT2D eigenvalue weighted by Gasteiger charge is -2.30. The van der Waals surface area contributed by atoms with Crippen LogP contribution in [0.4, 0.5) is 5.69 Å². The fraction of sp³-hybridized carbons (Fsp3) is 0.529. The smallest absolute Gasteiger partial charge is 0.332 e. The summed E-state index contributed by atoms with van der Waals surface area (Å²) in [6.45, 7) is 2.68. The van der Waals surface area contributed by atoms with Gasteiger partial charge < -0.3 is 10.1 Å². The largest absolute Gasteiger partial charge is 0.377 e. The van der Waals surface area contributed by atoms with Gasteiger partial charge in [-0.15, -0.1) is 0 Å². The van der Waals surface area contributed by atoms with Crippen LogP contribution in [0.1, 0.15) is 26.2 Å². The van der Waals surface area contributed by atoms with E-state index in [1.807, 2.05) is 6.92 Å². The van der Waals surface area contributed by atoms with Gasteiger partial charge in [0.25, 0.3) is 5.56 Å². The van der Waals surface area contributed by atoms with Gasteiger partial charge in [0.1, 0.15) is 5.65 Å². The minimum Gasteiger partial charge on any atom is -0.377 e. The Morgan fingerprint density at radius 1 is 1.36 bits per heavy atom. The second-order valence-electron chi connectivity index (χ2n) is 6.36. The van der Waals surface area contributed by atoms with Crippen molar-refractivity contribution in [3.63, 3.8) is 0 Å². The molecule has 0 saturated carbocycles. The summed E-state index contributed by atoms with van der Waals surface area (Å²) in [5.41, 5.74) is -0.145. The predicted molar refractivity (Wildman–Crippen MR) is 93.6 cm³/mol. The number of pyridine rings is 1. The Labute approximate surface area is 144 Å². The topological polar surface area (TPSA) is 95.2 Å². The molecule has 0 aliphatic carbocycles. The summed E-state index contributed by atoms with van der Waals surface area (Å²) < 4.78 is 8.00. The monoisotopic (exact) mass is 346 g/mol. The first-order valence-corrected chi connectivity index (χ1v) is 8.42. The highest BCUT2D eigenvalue weighted by atomic mass is 16.5. The maximum atomic E-state index is 12.6. The summed E-state index contributed by atoms with van der Waals surface area (Å²) >= 11 is 0. The van der Waals surface area contributed by atoms with Crippen molar-refractivity contribution in [1.29, 1.82) is 0 Å². The first-order chi connectivity index (χ1) is 11.9. The van der Waals surface area contributed by atoms with Crippen LogP contribution >= 0.6 is 0 Å². The molecule has 2 aromatic heterocycles. The SMILES string of the molecule is CCC1OCCCC1C(=O)Nc1cnc2c(c1)c(=O)n(C)c(=O)n2C. The highest BCUT2D eigenvalue weighted by Gasteiger charge is 2.30. The van der Waals surface area contributed by atoms with Crippen molar-refractivity contribution >= 4 is 22.6 Å². The molecular weight excluding hydrogens is 324 g/mol. The number of carbonyl (C=O) groups excluding carboxylic acids is 1. The van der Waals surface area contributed by atoms with E-state index in [2.05, 4.69) is 10.3 Å². The van der Waals surface area contributed by atoms with Crippen LogP contribution in [0.5, 0.6) is 0 Å². The maximum absolute atomic E-state index is 12.6.